The number of carbonyl (C=O) groups is 1. The van der Waals surface area contributed by atoms with E-state index in [4.69, 9.17) is 0 Å². The van der Waals surface area contributed by atoms with E-state index in [1.807, 2.05) is 30.3 Å². The number of amides is 1. The lowest BCUT2D eigenvalue weighted by atomic mass is 10.1. The molecule has 1 aromatic heterocycles. The normalized spacial score (nSPS) is 10.9. The summed E-state index contributed by atoms with van der Waals surface area (Å²) in [7, 11) is 0. The third-order valence-corrected chi connectivity index (χ3v) is 4.52. The molecule has 0 saturated heterocycles. The quantitative estimate of drug-likeness (QED) is 0.668. The van der Waals surface area contributed by atoms with Crippen LogP contribution in [0.25, 0.3) is 5.69 Å². The van der Waals surface area contributed by atoms with Gasteiger partial charge in [0.2, 0.25) is 0 Å². The Hall–Kier alpha value is -2.99. The van der Waals surface area contributed by atoms with Crippen LogP contribution in [0.1, 0.15) is 35.5 Å². The van der Waals surface area contributed by atoms with Crippen LogP contribution in [0.3, 0.4) is 0 Å². The van der Waals surface area contributed by atoms with E-state index in [1.165, 1.54) is 5.56 Å². The average Bonchev–Trinajstić information content (AvgIpc) is 3.22. The first-order chi connectivity index (χ1) is 13.2. The molecule has 0 spiro atoms. The molecule has 2 aromatic carbocycles. The summed E-state index contributed by atoms with van der Waals surface area (Å²) in [6.07, 6.45) is 1.64. The van der Waals surface area contributed by atoms with Crippen LogP contribution in [0, 0.1) is 0 Å². The van der Waals surface area contributed by atoms with E-state index in [1.54, 1.807) is 10.9 Å². The highest BCUT2D eigenvalue weighted by molar-refractivity contribution is 5.91. The van der Waals surface area contributed by atoms with Gasteiger partial charge < -0.3 is 5.32 Å². The van der Waals surface area contributed by atoms with Gasteiger partial charge in [0, 0.05) is 13.1 Å². The smallest absolute Gasteiger partial charge is 0.273 e. The topological polar surface area (TPSA) is 63.1 Å². The number of para-hydroxylation sites is 1. The van der Waals surface area contributed by atoms with Crippen LogP contribution in [-0.4, -0.2) is 38.9 Å². The zero-order chi connectivity index (χ0) is 19.1. The van der Waals surface area contributed by atoms with Crippen LogP contribution in [-0.2, 0) is 13.1 Å². The lowest BCUT2D eigenvalue weighted by Crippen LogP contribution is -2.23. The number of nitrogens with one attached hydrogen (secondary N) is 1. The Balaban J connectivity index is 1.55. The van der Waals surface area contributed by atoms with Gasteiger partial charge in [-0.25, -0.2) is 4.68 Å². The van der Waals surface area contributed by atoms with Gasteiger partial charge in [-0.2, -0.15) is 0 Å². The SMILES string of the molecule is CCN(CC)Cc1ccc(CNC(=O)c2cn(-c3ccccc3)nn2)cc1. The fourth-order valence-electron chi connectivity index (χ4n) is 2.82. The second-order valence-electron chi connectivity index (χ2n) is 6.34. The Morgan fingerprint density at radius 2 is 1.67 bits per heavy atom. The van der Waals surface area contributed by atoms with Crippen molar-refractivity contribution >= 4 is 5.91 Å². The zero-order valence-corrected chi connectivity index (χ0v) is 15.8. The number of hydrogen-bond acceptors (Lipinski definition) is 4. The maximum Gasteiger partial charge on any atom is 0.273 e. The van der Waals surface area contributed by atoms with Gasteiger partial charge >= 0.3 is 0 Å². The summed E-state index contributed by atoms with van der Waals surface area (Å²) in [4.78, 5) is 14.7. The molecule has 6 nitrogen and oxygen atoms in total. The molecular formula is C21H25N5O. The van der Waals surface area contributed by atoms with E-state index < -0.39 is 0 Å². The summed E-state index contributed by atoms with van der Waals surface area (Å²) in [5.41, 5.74) is 3.51. The molecule has 140 valence electrons. The molecule has 6 heteroatoms. The third kappa shape index (κ3) is 5.01. The lowest BCUT2D eigenvalue weighted by molar-refractivity contribution is 0.0946. The first-order valence-corrected chi connectivity index (χ1v) is 9.25. The van der Waals surface area contributed by atoms with Crippen molar-refractivity contribution in [3.63, 3.8) is 0 Å². The van der Waals surface area contributed by atoms with Crippen molar-refractivity contribution in [1.29, 1.82) is 0 Å². The van der Waals surface area contributed by atoms with Crippen molar-refractivity contribution in [2.24, 2.45) is 0 Å². The van der Waals surface area contributed by atoms with Crippen LogP contribution in [0.5, 0.6) is 0 Å². The number of nitrogens with zero attached hydrogens (tertiary/aromatic N) is 4. The Morgan fingerprint density at radius 1 is 1.00 bits per heavy atom. The van der Waals surface area contributed by atoms with Gasteiger partial charge in [0.1, 0.15) is 0 Å². The van der Waals surface area contributed by atoms with Gasteiger partial charge in [-0.05, 0) is 36.3 Å². The van der Waals surface area contributed by atoms with E-state index in [-0.39, 0.29) is 5.91 Å². The summed E-state index contributed by atoms with van der Waals surface area (Å²) in [5, 5.41) is 10.9. The van der Waals surface area contributed by atoms with Crippen LogP contribution < -0.4 is 5.32 Å². The number of benzene rings is 2. The summed E-state index contributed by atoms with van der Waals surface area (Å²) in [6, 6.07) is 17.9. The third-order valence-electron chi connectivity index (χ3n) is 4.52. The Morgan fingerprint density at radius 3 is 2.33 bits per heavy atom. The van der Waals surface area contributed by atoms with E-state index in [9.17, 15) is 4.79 Å². The molecule has 0 fully saturated rings. The molecule has 0 aliphatic carbocycles. The molecule has 0 aliphatic rings. The molecule has 1 amide bonds. The van der Waals surface area contributed by atoms with Crippen molar-refractivity contribution in [2.75, 3.05) is 13.1 Å². The molecule has 1 heterocycles. The summed E-state index contributed by atoms with van der Waals surface area (Å²) < 4.78 is 1.59. The van der Waals surface area contributed by atoms with Gasteiger partial charge in [-0.1, -0.05) is 61.5 Å². The van der Waals surface area contributed by atoms with Crippen molar-refractivity contribution in [2.45, 2.75) is 26.9 Å². The van der Waals surface area contributed by atoms with Gasteiger partial charge in [0.15, 0.2) is 5.69 Å². The second-order valence-corrected chi connectivity index (χ2v) is 6.34. The summed E-state index contributed by atoms with van der Waals surface area (Å²) >= 11 is 0. The number of aromatic nitrogens is 3. The van der Waals surface area contributed by atoms with E-state index in [0.29, 0.717) is 12.2 Å². The van der Waals surface area contributed by atoms with Crippen molar-refractivity contribution in [3.05, 3.63) is 77.6 Å². The molecule has 3 rings (SSSR count). The maximum absolute atomic E-state index is 12.3. The molecule has 0 bridgehead atoms. The highest BCUT2D eigenvalue weighted by Gasteiger charge is 2.11. The minimum Gasteiger partial charge on any atom is -0.347 e. The fourth-order valence-corrected chi connectivity index (χ4v) is 2.82. The van der Waals surface area contributed by atoms with Crippen LogP contribution in [0.2, 0.25) is 0 Å². The first-order valence-electron chi connectivity index (χ1n) is 9.25. The van der Waals surface area contributed by atoms with E-state index in [0.717, 1.165) is 30.9 Å². The molecule has 0 atom stereocenters. The molecule has 27 heavy (non-hydrogen) atoms. The lowest BCUT2D eigenvalue weighted by Gasteiger charge is -2.18. The predicted octanol–water partition coefficient (Wildman–Crippen LogP) is 3.04. The average molecular weight is 363 g/mol. The zero-order valence-electron chi connectivity index (χ0n) is 15.8. The molecule has 0 saturated carbocycles. The van der Waals surface area contributed by atoms with Crippen molar-refractivity contribution in [3.8, 4) is 5.69 Å². The van der Waals surface area contributed by atoms with Crippen molar-refractivity contribution < 1.29 is 4.79 Å². The predicted molar refractivity (Wildman–Crippen MR) is 106 cm³/mol. The summed E-state index contributed by atoms with van der Waals surface area (Å²) in [6.45, 7) is 7.82. The molecule has 3 aromatic rings. The van der Waals surface area contributed by atoms with Gasteiger partial charge in [-0.3, -0.25) is 9.69 Å². The second kappa shape index (κ2) is 9.09. The molecule has 0 unspecified atom stereocenters. The standard InChI is InChI=1S/C21H25N5O/c1-3-25(4-2)15-18-12-10-17(11-13-18)14-22-21(27)20-16-26(24-23-20)19-8-6-5-7-9-19/h5-13,16H,3-4,14-15H2,1-2H3,(H,22,27). The minimum absolute atomic E-state index is 0.232. The largest absolute Gasteiger partial charge is 0.347 e. The number of rotatable bonds is 8. The molecule has 0 radical (unpaired) electrons. The molecule has 0 aliphatic heterocycles. The Bertz CT molecular complexity index is 854. The van der Waals surface area contributed by atoms with Crippen molar-refractivity contribution in [1.82, 2.24) is 25.2 Å². The van der Waals surface area contributed by atoms with Crippen LogP contribution in [0.15, 0.2) is 60.8 Å². The highest BCUT2D eigenvalue weighted by atomic mass is 16.2. The molecule has 1 N–H and O–H groups in total. The molecular weight excluding hydrogens is 338 g/mol. The highest BCUT2D eigenvalue weighted by Crippen LogP contribution is 2.09. The Labute approximate surface area is 159 Å². The van der Waals surface area contributed by atoms with E-state index >= 15 is 0 Å². The Kier molecular flexibility index (Phi) is 6.33. The first kappa shape index (κ1) is 18.8. The minimum atomic E-state index is -0.232. The van der Waals surface area contributed by atoms with E-state index in [2.05, 4.69) is 58.6 Å². The monoisotopic (exact) mass is 363 g/mol. The number of hydrogen-bond donors (Lipinski definition) is 1. The maximum atomic E-state index is 12.3. The number of carbonyl (C=O) groups excluding carboxylic acids is 1. The van der Waals surface area contributed by atoms with Gasteiger partial charge in [0.05, 0.1) is 11.9 Å². The fraction of sp³-hybridized carbons (Fsp3) is 0.286. The van der Waals surface area contributed by atoms with Crippen LogP contribution >= 0.6 is 0 Å². The van der Waals surface area contributed by atoms with Gasteiger partial charge in [0.25, 0.3) is 5.91 Å². The van der Waals surface area contributed by atoms with Crippen LogP contribution in [0.4, 0.5) is 0 Å². The summed E-state index contributed by atoms with van der Waals surface area (Å²) in [5.74, 6) is -0.232. The van der Waals surface area contributed by atoms with Gasteiger partial charge in [-0.15, -0.1) is 5.10 Å².